The highest BCUT2D eigenvalue weighted by Crippen LogP contribution is 2.47. The lowest BCUT2D eigenvalue weighted by atomic mass is 9.82. The van der Waals surface area contributed by atoms with Crippen LogP contribution in [-0.4, -0.2) is 9.13 Å². The molecule has 0 radical (unpaired) electrons. The molecule has 2 nitrogen and oxygen atoms in total. The summed E-state index contributed by atoms with van der Waals surface area (Å²) >= 11 is 3.68. The molecule has 1 unspecified atom stereocenters. The third kappa shape index (κ3) is 5.46. The number of aromatic nitrogens is 2. The van der Waals surface area contributed by atoms with Gasteiger partial charge in [0.25, 0.3) is 0 Å². The van der Waals surface area contributed by atoms with E-state index in [-0.39, 0.29) is 0 Å². The number of benzene rings is 9. The largest absolute Gasteiger partial charge is 0.309 e. The van der Waals surface area contributed by atoms with Gasteiger partial charge in [-0.2, -0.15) is 0 Å². The molecule has 0 saturated carbocycles. The topological polar surface area (TPSA) is 9.86 Å². The average molecular weight is 832 g/mol. The molecule has 11 aromatic rings. The molecule has 12 rings (SSSR count). The summed E-state index contributed by atoms with van der Waals surface area (Å²) < 4.78 is 5.98. The van der Waals surface area contributed by atoms with Gasteiger partial charge in [-0.25, -0.2) is 0 Å². The quantitative estimate of drug-likeness (QED) is 0.164. The summed E-state index contributed by atoms with van der Waals surface area (Å²) in [5, 5.41) is 7.77. The maximum Gasteiger partial charge on any atom is 0.0622 e. The number of hydrogen-bond donors (Lipinski definition) is 0. The van der Waals surface area contributed by atoms with Crippen LogP contribution < -0.4 is 0 Å². The van der Waals surface area contributed by atoms with E-state index in [1.165, 1.54) is 110 Å². The van der Waals surface area contributed by atoms with Gasteiger partial charge >= 0.3 is 0 Å². The van der Waals surface area contributed by atoms with E-state index in [1.807, 2.05) is 0 Å². The average Bonchev–Trinajstić information content (AvgIpc) is 3.82. The number of para-hydroxylation sites is 3. The number of hydrogen-bond acceptors (Lipinski definition) is 0. The van der Waals surface area contributed by atoms with Gasteiger partial charge < -0.3 is 9.13 Å². The molecule has 3 heteroatoms. The lowest BCUT2D eigenvalue weighted by molar-refractivity contribution is 0.781. The zero-order valence-corrected chi connectivity index (χ0v) is 34.7. The van der Waals surface area contributed by atoms with Crippen molar-refractivity contribution in [3.8, 4) is 44.8 Å². The summed E-state index contributed by atoms with van der Waals surface area (Å²) in [7, 11) is 0. The van der Waals surface area contributed by atoms with Crippen LogP contribution in [0.2, 0.25) is 0 Å². The zero-order valence-electron chi connectivity index (χ0n) is 33.1. The van der Waals surface area contributed by atoms with Gasteiger partial charge in [0.1, 0.15) is 0 Å². The van der Waals surface area contributed by atoms with Crippen LogP contribution in [0.15, 0.2) is 199 Å². The predicted octanol–water partition coefficient (Wildman–Crippen LogP) is 16.3. The Hall–Kier alpha value is -6.94. The molecule has 2 heterocycles. The first-order chi connectivity index (χ1) is 29.6. The first-order valence-electron chi connectivity index (χ1n) is 20.8. The molecule has 0 bridgehead atoms. The predicted molar refractivity (Wildman–Crippen MR) is 259 cm³/mol. The van der Waals surface area contributed by atoms with Gasteiger partial charge in [-0.1, -0.05) is 144 Å². The second-order valence-electron chi connectivity index (χ2n) is 16.3. The van der Waals surface area contributed by atoms with E-state index < -0.39 is 0 Å². The molecule has 60 heavy (non-hydrogen) atoms. The van der Waals surface area contributed by atoms with Crippen LogP contribution in [0.5, 0.6) is 0 Å². The monoisotopic (exact) mass is 830 g/mol. The molecule has 0 fully saturated rings. The fourth-order valence-electron chi connectivity index (χ4n) is 10.0. The highest BCUT2D eigenvalue weighted by Gasteiger charge is 2.26. The van der Waals surface area contributed by atoms with E-state index in [2.05, 4.69) is 232 Å². The van der Waals surface area contributed by atoms with Gasteiger partial charge in [0.05, 0.1) is 22.1 Å². The SMILES string of the molecule is CC1CC=Cc2c1c1c3ccc(-c4cc(-c5ccc(Br)cc5)cc(-c5ccc6c(c5)c5ccccc5n6-c5ccccc5)c4)cc3n(-c3ccccc3)c1c1ccccc21. The standard InChI is InChI=1S/C57H39BrN2/c1-36-13-12-21-48-46-18-8-9-20-49(46)57-56(55(36)48)50-29-25-39(35-54(50)60(57)45-16-6-3-7-17-45)42-32-40(37-23-27-43(58)28-24-37)31-41(33-42)38-26-30-53-51(34-38)47-19-10-11-22-52(47)59(53)44-14-4-2-5-15-44/h2-12,14-36H,13H2,1H3. The summed E-state index contributed by atoms with van der Waals surface area (Å²) in [6, 6.07) is 69.4. The minimum Gasteiger partial charge on any atom is -0.309 e. The molecule has 1 aliphatic carbocycles. The molecule has 0 spiro atoms. The van der Waals surface area contributed by atoms with E-state index >= 15 is 0 Å². The van der Waals surface area contributed by atoms with Crippen molar-refractivity contribution in [2.75, 3.05) is 0 Å². The molecule has 2 aromatic heterocycles. The van der Waals surface area contributed by atoms with Crippen LogP contribution in [-0.2, 0) is 0 Å². The van der Waals surface area contributed by atoms with E-state index in [9.17, 15) is 0 Å². The van der Waals surface area contributed by atoms with E-state index in [0.29, 0.717) is 5.92 Å². The smallest absolute Gasteiger partial charge is 0.0622 e. The Kier molecular flexibility index (Phi) is 8.08. The van der Waals surface area contributed by atoms with Gasteiger partial charge in [0, 0.05) is 42.8 Å². The van der Waals surface area contributed by atoms with Gasteiger partial charge in [0.2, 0.25) is 0 Å². The number of allylic oxidation sites excluding steroid dienone is 1. The fraction of sp³-hybridized carbons (Fsp3) is 0.0526. The van der Waals surface area contributed by atoms with Crippen LogP contribution in [0.25, 0.3) is 105 Å². The lowest BCUT2D eigenvalue weighted by Gasteiger charge is -2.22. The molecule has 1 aliphatic rings. The summed E-state index contributed by atoms with van der Waals surface area (Å²) in [4.78, 5) is 0. The van der Waals surface area contributed by atoms with Crippen LogP contribution in [0, 0.1) is 0 Å². The van der Waals surface area contributed by atoms with Crippen molar-refractivity contribution < 1.29 is 0 Å². The Balaban J connectivity index is 1.12. The van der Waals surface area contributed by atoms with E-state index in [0.717, 1.165) is 10.9 Å². The Morgan fingerprint density at radius 1 is 0.433 bits per heavy atom. The first-order valence-corrected chi connectivity index (χ1v) is 21.6. The van der Waals surface area contributed by atoms with Crippen LogP contribution in [0.1, 0.15) is 30.4 Å². The van der Waals surface area contributed by atoms with Gasteiger partial charge in [-0.3, -0.25) is 0 Å². The molecule has 284 valence electrons. The lowest BCUT2D eigenvalue weighted by Crippen LogP contribution is -2.03. The molecular formula is C57H39BrN2. The molecular weight excluding hydrogens is 793 g/mol. The maximum atomic E-state index is 3.68. The molecule has 9 aromatic carbocycles. The maximum absolute atomic E-state index is 3.68. The van der Waals surface area contributed by atoms with Gasteiger partial charge in [0.15, 0.2) is 0 Å². The minimum atomic E-state index is 0.413. The molecule has 1 atom stereocenters. The van der Waals surface area contributed by atoms with E-state index in [1.54, 1.807) is 0 Å². The van der Waals surface area contributed by atoms with Gasteiger partial charge in [-0.05, 0) is 141 Å². The van der Waals surface area contributed by atoms with Crippen LogP contribution in [0.4, 0.5) is 0 Å². The Morgan fingerprint density at radius 2 is 1.00 bits per heavy atom. The molecule has 0 N–H and O–H groups in total. The Morgan fingerprint density at radius 3 is 1.73 bits per heavy atom. The third-order valence-electron chi connectivity index (χ3n) is 12.7. The molecule has 0 aliphatic heterocycles. The van der Waals surface area contributed by atoms with Crippen molar-refractivity contribution in [3.63, 3.8) is 0 Å². The van der Waals surface area contributed by atoms with Gasteiger partial charge in [-0.15, -0.1) is 0 Å². The second kappa shape index (κ2) is 13.8. The number of halogens is 1. The van der Waals surface area contributed by atoms with Crippen LogP contribution in [0.3, 0.4) is 0 Å². The highest BCUT2D eigenvalue weighted by atomic mass is 79.9. The van der Waals surface area contributed by atoms with Crippen molar-refractivity contribution in [1.82, 2.24) is 9.13 Å². The third-order valence-corrected chi connectivity index (χ3v) is 13.3. The second-order valence-corrected chi connectivity index (χ2v) is 17.2. The molecule has 0 amide bonds. The van der Waals surface area contributed by atoms with Crippen molar-refractivity contribution in [1.29, 1.82) is 0 Å². The van der Waals surface area contributed by atoms with Crippen molar-refractivity contribution in [3.05, 3.63) is 210 Å². The summed E-state index contributed by atoms with van der Waals surface area (Å²) in [5.74, 6) is 0.413. The zero-order chi connectivity index (χ0) is 39.9. The number of nitrogens with zero attached hydrogens (tertiary/aromatic N) is 2. The normalized spacial score (nSPS) is 13.9. The number of rotatable bonds is 5. The first kappa shape index (κ1) is 35.0. The van der Waals surface area contributed by atoms with Crippen molar-refractivity contribution >= 4 is 76.4 Å². The van der Waals surface area contributed by atoms with Crippen molar-refractivity contribution in [2.45, 2.75) is 19.3 Å². The summed E-state index contributed by atoms with van der Waals surface area (Å²) in [6.45, 7) is 2.39. The number of fused-ring (bicyclic) bond motifs is 11. The fourth-order valence-corrected chi connectivity index (χ4v) is 10.3. The summed E-state index contributed by atoms with van der Waals surface area (Å²) in [5.41, 5.74) is 17.2. The Labute approximate surface area is 357 Å². The minimum absolute atomic E-state index is 0.413. The van der Waals surface area contributed by atoms with Crippen LogP contribution >= 0.6 is 15.9 Å². The van der Waals surface area contributed by atoms with E-state index in [4.69, 9.17) is 0 Å². The van der Waals surface area contributed by atoms with Crippen molar-refractivity contribution in [2.24, 2.45) is 0 Å². The summed E-state index contributed by atoms with van der Waals surface area (Å²) in [6.07, 6.45) is 5.76. The molecule has 0 saturated heterocycles. The highest BCUT2D eigenvalue weighted by molar-refractivity contribution is 9.10. The Bertz CT molecular complexity index is 3520.